The number of amides is 1. The van der Waals surface area contributed by atoms with Gasteiger partial charge in [0, 0.05) is 44.5 Å². The molecule has 0 spiro atoms. The van der Waals surface area contributed by atoms with Crippen LogP contribution in [0.25, 0.3) is 0 Å². The first-order chi connectivity index (χ1) is 11.3. The van der Waals surface area contributed by atoms with E-state index in [2.05, 4.69) is 30.3 Å². The van der Waals surface area contributed by atoms with E-state index < -0.39 is 0 Å². The van der Waals surface area contributed by atoms with E-state index in [1.54, 1.807) is 23.4 Å². The Balaban J connectivity index is 1.43. The normalized spacial score (nSPS) is 17.9. The molecule has 0 unspecified atom stereocenters. The standard InChI is InChI=1S/C15H21N7O/c23-14(5-2-9-22-12-16-11-19-22)20-13-4-1-8-21(10-13)15-17-6-3-7-18-15/h3,6-7,11-13H,1-2,4-5,8-10H2,(H,20,23)/t13-/m0/s1. The highest BCUT2D eigenvalue weighted by Crippen LogP contribution is 2.15. The molecule has 0 saturated carbocycles. The number of rotatable bonds is 6. The van der Waals surface area contributed by atoms with Gasteiger partial charge in [-0.15, -0.1) is 0 Å². The Bertz CT molecular complexity index is 602. The fourth-order valence-corrected chi connectivity index (χ4v) is 2.78. The van der Waals surface area contributed by atoms with Crippen molar-refractivity contribution in [1.29, 1.82) is 0 Å². The Kier molecular flexibility index (Phi) is 5.13. The number of aromatic nitrogens is 5. The minimum absolute atomic E-state index is 0.0888. The number of carbonyl (C=O) groups excluding carboxylic acids is 1. The summed E-state index contributed by atoms with van der Waals surface area (Å²) in [6.07, 6.45) is 9.94. The number of piperidine rings is 1. The quantitative estimate of drug-likeness (QED) is 0.841. The lowest BCUT2D eigenvalue weighted by Crippen LogP contribution is -2.48. The van der Waals surface area contributed by atoms with Crippen molar-refractivity contribution in [2.24, 2.45) is 0 Å². The maximum absolute atomic E-state index is 12.1. The first-order valence-electron chi connectivity index (χ1n) is 7.95. The van der Waals surface area contributed by atoms with Gasteiger partial charge < -0.3 is 10.2 Å². The summed E-state index contributed by atoms with van der Waals surface area (Å²) in [5, 5.41) is 7.14. The number of nitrogens with one attached hydrogen (secondary N) is 1. The molecule has 0 bridgehead atoms. The zero-order chi connectivity index (χ0) is 15.9. The van der Waals surface area contributed by atoms with Crippen LogP contribution in [-0.4, -0.2) is 49.8 Å². The number of nitrogens with zero attached hydrogens (tertiary/aromatic N) is 6. The van der Waals surface area contributed by atoms with E-state index in [1.165, 1.54) is 6.33 Å². The van der Waals surface area contributed by atoms with Gasteiger partial charge in [0.2, 0.25) is 11.9 Å². The molecule has 1 amide bonds. The molecule has 0 aliphatic carbocycles. The highest BCUT2D eigenvalue weighted by Gasteiger charge is 2.22. The van der Waals surface area contributed by atoms with Crippen LogP contribution in [0.4, 0.5) is 5.95 Å². The predicted molar refractivity (Wildman–Crippen MR) is 84.7 cm³/mol. The van der Waals surface area contributed by atoms with Gasteiger partial charge in [0.15, 0.2) is 0 Å². The first-order valence-corrected chi connectivity index (χ1v) is 7.95. The van der Waals surface area contributed by atoms with Gasteiger partial charge in [-0.1, -0.05) is 0 Å². The second kappa shape index (κ2) is 7.66. The Morgan fingerprint density at radius 3 is 3.00 bits per heavy atom. The van der Waals surface area contributed by atoms with Crippen LogP contribution in [0.3, 0.4) is 0 Å². The number of carbonyl (C=O) groups is 1. The van der Waals surface area contributed by atoms with Crippen LogP contribution in [0, 0.1) is 0 Å². The predicted octanol–water partition coefficient (Wildman–Crippen LogP) is 0.633. The molecule has 8 heteroatoms. The van der Waals surface area contributed by atoms with Crippen molar-refractivity contribution in [1.82, 2.24) is 30.0 Å². The van der Waals surface area contributed by atoms with E-state index in [-0.39, 0.29) is 11.9 Å². The molecular formula is C15H21N7O. The molecule has 0 aromatic carbocycles. The molecule has 1 atom stereocenters. The molecule has 1 fully saturated rings. The van der Waals surface area contributed by atoms with Crippen LogP contribution in [0.1, 0.15) is 25.7 Å². The second-order valence-corrected chi connectivity index (χ2v) is 5.66. The van der Waals surface area contributed by atoms with E-state index in [4.69, 9.17) is 0 Å². The van der Waals surface area contributed by atoms with Gasteiger partial charge in [-0.2, -0.15) is 5.10 Å². The summed E-state index contributed by atoms with van der Waals surface area (Å²) in [6.45, 7) is 2.41. The molecule has 1 N–H and O–H groups in total. The molecular weight excluding hydrogens is 294 g/mol. The summed E-state index contributed by atoms with van der Waals surface area (Å²) in [7, 11) is 0. The van der Waals surface area contributed by atoms with Gasteiger partial charge in [0.05, 0.1) is 0 Å². The number of anilines is 1. The molecule has 122 valence electrons. The molecule has 3 rings (SSSR count). The Morgan fingerprint density at radius 2 is 2.22 bits per heavy atom. The summed E-state index contributed by atoms with van der Waals surface area (Å²) in [6, 6.07) is 1.97. The molecule has 0 radical (unpaired) electrons. The van der Waals surface area contributed by atoms with Gasteiger partial charge in [0.25, 0.3) is 0 Å². The summed E-state index contributed by atoms with van der Waals surface area (Å²) < 4.78 is 1.74. The summed E-state index contributed by atoms with van der Waals surface area (Å²) in [5.74, 6) is 0.823. The zero-order valence-corrected chi connectivity index (χ0v) is 13.0. The maximum atomic E-state index is 12.1. The van der Waals surface area contributed by atoms with Crippen LogP contribution >= 0.6 is 0 Å². The minimum atomic E-state index is 0.0888. The van der Waals surface area contributed by atoms with E-state index >= 15 is 0 Å². The van der Waals surface area contributed by atoms with E-state index in [1.807, 2.05) is 6.07 Å². The lowest BCUT2D eigenvalue weighted by Gasteiger charge is -2.33. The molecule has 2 aromatic heterocycles. The minimum Gasteiger partial charge on any atom is -0.352 e. The highest BCUT2D eigenvalue weighted by molar-refractivity contribution is 5.76. The van der Waals surface area contributed by atoms with Crippen LogP contribution < -0.4 is 10.2 Å². The monoisotopic (exact) mass is 315 g/mol. The van der Waals surface area contributed by atoms with Crippen molar-refractivity contribution in [2.45, 2.75) is 38.3 Å². The molecule has 23 heavy (non-hydrogen) atoms. The molecule has 1 saturated heterocycles. The Labute approximate surface area is 135 Å². The van der Waals surface area contributed by atoms with E-state index in [9.17, 15) is 4.79 Å². The van der Waals surface area contributed by atoms with E-state index in [0.29, 0.717) is 13.0 Å². The highest BCUT2D eigenvalue weighted by atomic mass is 16.1. The number of aryl methyl sites for hydroxylation is 1. The second-order valence-electron chi connectivity index (χ2n) is 5.66. The van der Waals surface area contributed by atoms with Crippen LogP contribution in [0.5, 0.6) is 0 Å². The summed E-state index contributed by atoms with van der Waals surface area (Å²) in [5.41, 5.74) is 0. The third-order valence-corrected chi connectivity index (χ3v) is 3.88. The Hall–Kier alpha value is -2.51. The van der Waals surface area contributed by atoms with Crippen molar-refractivity contribution in [3.8, 4) is 0 Å². The lowest BCUT2D eigenvalue weighted by molar-refractivity contribution is -0.122. The van der Waals surface area contributed by atoms with Gasteiger partial charge >= 0.3 is 0 Å². The average molecular weight is 315 g/mol. The maximum Gasteiger partial charge on any atom is 0.225 e. The third kappa shape index (κ3) is 4.48. The third-order valence-electron chi connectivity index (χ3n) is 3.88. The fourth-order valence-electron chi connectivity index (χ4n) is 2.78. The van der Waals surface area contributed by atoms with Crippen LogP contribution in [0.15, 0.2) is 31.1 Å². The van der Waals surface area contributed by atoms with Gasteiger partial charge in [-0.3, -0.25) is 9.48 Å². The molecule has 1 aliphatic heterocycles. The van der Waals surface area contributed by atoms with Crippen molar-refractivity contribution in [3.05, 3.63) is 31.1 Å². The average Bonchev–Trinajstić information content (AvgIpc) is 3.09. The van der Waals surface area contributed by atoms with Crippen molar-refractivity contribution in [2.75, 3.05) is 18.0 Å². The molecule has 3 heterocycles. The van der Waals surface area contributed by atoms with Crippen LogP contribution in [0.2, 0.25) is 0 Å². The Morgan fingerprint density at radius 1 is 1.35 bits per heavy atom. The van der Waals surface area contributed by atoms with Gasteiger partial charge in [-0.25, -0.2) is 15.0 Å². The smallest absolute Gasteiger partial charge is 0.225 e. The van der Waals surface area contributed by atoms with Crippen molar-refractivity contribution in [3.63, 3.8) is 0 Å². The van der Waals surface area contributed by atoms with Gasteiger partial charge in [-0.05, 0) is 25.3 Å². The molecule has 2 aromatic rings. The van der Waals surface area contributed by atoms with Crippen molar-refractivity contribution >= 4 is 11.9 Å². The summed E-state index contributed by atoms with van der Waals surface area (Å²) in [4.78, 5) is 26.7. The number of hydrogen-bond donors (Lipinski definition) is 1. The first kappa shape index (κ1) is 15.4. The fraction of sp³-hybridized carbons (Fsp3) is 0.533. The largest absolute Gasteiger partial charge is 0.352 e. The van der Waals surface area contributed by atoms with Crippen LogP contribution in [-0.2, 0) is 11.3 Å². The zero-order valence-electron chi connectivity index (χ0n) is 13.0. The van der Waals surface area contributed by atoms with Crippen molar-refractivity contribution < 1.29 is 4.79 Å². The SMILES string of the molecule is O=C(CCCn1cncn1)N[C@H]1CCCN(c2ncccn2)C1. The number of hydrogen-bond acceptors (Lipinski definition) is 6. The summed E-state index contributed by atoms with van der Waals surface area (Å²) >= 11 is 0. The topological polar surface area (TPSA) is 88.8 Å². The van der Waals surface area contributed by atoms with Gasteiger partial charge in [0.1, 0.15) is 12.7 Å². The molecule has 8 nitrogen and oxygen atoms in total. The molecule has 1 aliphatic rings. The van der Waals surface area contributed by atoms with E-state index in [0.717, 1.165) is 38.3 Å². The lowest BCUT2D eigenvalue weighted by atomic mass is 10.1.